The summed E-state index contributed by atoms with van der Waals surface area (Å²) in [5.41, 5.74) is 6.47. The highest BCUT2D eigenvalue weighted by atomic mass is 16.3. The average Bonchev–Trinajstić information content (AvgIpc) is 3.78. The van der Waals surface area contributed by atoms with Crippen LogP contribution in [0.1, 0.15) is 82.0 Å². The average molecular weight is 445 g/mol. The Balaban J connectivity index is 1.45. The van der Waals surface area contributed by atoms with Gasteiger partial charge in [-0.05, 0) is 65.1 Å². The lowest BCUT2D eigenvalue weighted by Crippen LogP contribution is -2.27. The van der Waals surface area contributed by atoms with Gasteiger partial charge in [0.15, 0.2) is 0 Å². The van der Waals surface area contributed by atoms with E-state index in [1.807, 2.05) is 30.3 Å². The predicted molar refractivity (Wildman–Crippen MR) is 126 cm³/mol. The van der Waals surface area contributed by atoms with Crippen molar-refractivity contribution in [2.24, 2.45) is 0 Å². The second kappa shape index (κ2) is 6.57. The third-order valence-corrected chi connectivity index (χ3v) is 9.14. The van der Waals surface area contributed by atoms with E-state index < -0.39 is 12.2 Å². The van der Waals surface area contributed by atoms with Gasteiger partial charge in [0.25, 0.3) is 0 Å². The molecule has 4 nitrogen and oxygen atoms in total. The molecule has 4 aliphatic rings. The second-order valence-electron chi connectivity index (χ2n) is 10.6. The molecule has 7 rings (SSSR count). The fraction of sp³-hybridized carbons (Fsp3) is 0.333. The fourth-order valence-electron chi connectivity index (χ4n) is 7.16. The third-order valence-electron chi connectivity index (χ3n) is 9.14. The number of hydrogen-bond acceptors (Lipinski definition) is 4. The SMILES string of the molecule is N#Cc1cc(C#N)c([C@@H]2c3ccccc3C3(CC3)[C@H]2O)cc1[C@H]1c2ccccc2C2(CC2)[C@@H]1O. The molecule has 0 bridgehead atoms. The molecule has 4 aliphatic carbocycles. The van der Waals surface area contributed by atoms with Crippen LogP contribution in [0.2, 0.25) is 0 Å². The van der Waals surface area contributed by atoms with E-state index in [2.05, 4.69) is 36.4 Å². The van der Waals surface area contributed by atoms with Gasteiger partial charge in [0, 0.05) is 22.7 Å². The van der Waals surface area contributed by atoms with Crippen LogP contribution in [0.4, 0.5) is 0 Å². The van der Waals surface area contributed by atoms with Crippen LogP contribution in [-0.4, -0.2) is 22.4 Å². The minimum Gasteiger partial charge on any atom is -0.391 e. The first kappa shape index (κ1) is 20.0. The number of hydrogen-bond donors (Lipinski definition) is 2. The lowest BCUT2D eigenvalue weighted by atomic mass is 9.80. The zero-order valence-electron chi connectivity index (χ0n) is 18.7. The van der Waals surface area contributed by atoms with E-state index in [9.17, 15) is 20.7 Å². The van der Waals surface area contributed by atoms with Crippen molar-refractivity contribution in [3.8, 4) is 12.1 Å². The van der Waals surface area contributed by atoms with Crippen LogP contribution in [0, 0.1) is 22.7 Å². The van der Waals surface area contributed by atoms with E-state index in [0.29, 0.717) is 11.1 Å². The normalized spacial score (nSPS) is 28.2. The molecule has 4 atom stereocenters. The Morgan fingerprint density at radius 1 is 0.618 bits per heavy atom. The molecule has 0 aliphatic heterocycles. The van der Waals surface area contributed by atoms with Crippen LogP contribution >= 0.6 is 0 Å². The summed E-state index contributed by atoms with van der Waals surface area (Å²) in [6.07, 6.45) is 2.59. The minimum absolute atomic E-state index is 0.223. The van der Waals surface area contributed by atoms with E-state index in [1.165, 1.54) is 11.1 Å². The van der Waals surface area contributed by atoms with Crippen molar-refractivity contribution in [1.29, 1.82) is 10.5 Å². The van der Waals surface area contributed by atoms with E-state index in [-0.39, 0.29) is 22.7 Å². The van der Waals surface area contributed by atoms with E-state index in [1.54, 1.807) is 6.07 Å². The Morgan fingerprint density at radius 2 is 1.03 bits per heavy atom. The zero-order valence-corrected chi connectivity index (χ0v) is 18.7. The van der Waals surface area contributed by atoms with Gasteiger partial charge >= 0.3 is 0 Å². The van der Waals surface area contributed by atoms with Gasteiger partial charge in [0.05, 0.1) is 35.5 Å². The molecular formula is C30H24N2O2. The molecular weight excluding hydrogens is 420 g/mol. The Bertz CT molecular complexity index is 1340. The number of benzene rings is 3. The van der Waals surface area contributed by atoms with Gasteiger partial charge in [-0.15, -0.1) is 0 Å². The van der Waals surface area contributed by atoms with Gasteiger partial charge in [-0.25, -0.2) is 0 Å². The summed E-state index contributed by atoms with van der Waals surface area (Å²) in [5, 5.41) is 43.2. The molecule has 2 spiro atoms. The van der Waals surface area contributed by atoms with E-state index in [4.69, 9.17) is 0 Å². The maximum atomic E-state index is 11.5. The highest BCUT2D eigenvalue weighted by molar-refractivity contribution is 5.62. The molecule has 4 heteroatoms. The maximum Gasteiger partial charge on any atom is 0.0995 e. The van der Waals surface area contributed by atoms with Crippen LogP contribution in [0.15, 0.2) is 60.7 Å². The van der Waals surface area contributed by atoms with Crippen molar-refractivity contribution >= 4 is 0 Å². The van der Waals surface area contributed by atoms with Gasteiger partial charge in [-0.1, -0.05) is 54.6 Å². The Kier molecular flexibility index (Phi) is 3.86. The lowest BCUT2D eigenvalue weighted by molar-refractivity contribution is 0.128. The molecule has 3 aromatic rings. The Labute approximate surface area is 198 Å². The summed E-state index contributed by atoms with van der Waals surface area (Å²) >= 11 is 0. The van der Waals surface area contributed by atoms with Crippen molar-refractivity contribution < 1.29 is 10.2 Å². The summed E-state index contributed by atoms with van der Waals surface area (Å²) in [6, 6.07) is 24.6. The summed E-state index contributed by atoms with van der Waals surface area (Å²) in [4.78, 5) is 0. The molecule has 0 saturated heterocycles. The first-order valence-corrected chi connectivity index (χ1v) is 12.1. The molecule has 2 saturated carbocycles. The predicted octanol–water partition coefficient (Wildman–Crippen LogP) is 4.51. The zero-order chi connectivity index (χ0) is 23.2. The molecule has 0 heterocycles. The topological polar surface area (TPSA) is 88.0 Å². The number of rotatable bonds is 2. The summed E-state index contributed by atoms with van der Waals surface area (Å²) in [7, 11) is 0. The first-order valence-electron chi connectivity index (χ1n) is 12.1. The molecule has 34 heavy (non-hydrogen) atoms. The molecule has 166 valence electrons. The number of aliphatic hydroxyl groups is 2. The molecule has 0 radical (unpaired) electrons. The molecule has 3 aromatic carbocycles. The quantitative estimate of drug-likeness (QED) is 0.609. The smallest absolute Gasteiger partial charge is 0.0995 e. The van der Waals surface area contributed by atoms with Gasteiger partial charge in [-0.3, -0.25) is 0 Å². The number of fused-ring (bicyclic) bond motifs is 4. The highest BCUT2D eigenvalue weighted by Gasteiger charge is 2.61. The number of aliphatic hydroxyl groups excluding tert-OH is 2. The van der Waals surface area contributed by atoms with E-state index >= 15 is 0 Å². The summed E-state index contributed by atoms with van der Waals surface area (Å²) < 4.78 is 0. The molecule has 0 unspecified atom stereocenters. The van der Waals surface area contributed by atoms with Crippen molar-refractivity contribution in [3.05, 3.63) is 105 Å². The van der Waals surface area contributed by atoms with Crippen molar-refractivity contribution in [2.45, 2.75) is 60.6 Å². The molecule has 2 fully saturated rings. The summed E-state index contributed by atoms with van der Waals surface area (Å²) in [6.45, 7) is 0. The van der Waals surface area contributed by atoms with Crippen LogP contribution in [-0.2, 0) is 10.8 Å². The maximum absolute atomic E-state index is 11.5. The fourth-order valence-corrected chi connectivity index (χ4v) is 7.16. The van der Waals surface area contributed by atoms with Gasteiger partial charge in [0.1, 0.15) is 0 Å². The molecule has 2 N–H and O–H groups in total. The third kappa shape index (κ3) is 2.33. The molecule has 0 amide bonds. The first-order chi connectivity index (χ1) is 16.6. The van der Waals surface area contributed by atoms with E-state index in [0.717, 1.165) is 47.9 Å². The van der Waals surface area contributed by atoms with Crippen LogP contribution in [0.25, 0.3) is 0 Å². The van der Waals surface area contributed by atoms with Crippen molar-refractivity contribution in [2.75, 3.05) is 0 Å². The van der Waals surface area contributed by atoms with Crippen LogP contribution in [0.5, 0.6) is 0 Å². The Hall–Kier alpha value is -3.44. The van der Waals surface area contributed by atoms with Crippen molar-refractivity contribution in [1.82, 2.24) is 0 Å². The number of nitriles is 2. The summed E-state index contributed by atoms with van der Waals surface area (Å²) in [5.74, 6) is -0.632. The highest BCUT2D eigenvalue weighted by Crippen LogP contribution is 2.64. The van der Waals surface area contributed by atoms with Gasteiger partial charge in [-0.2, -0.15) is 10.5 Å². The lowest BCUT2D eigenvalue weighted by Gasteiger charge is -2.25. The Morgan fingerprint density at radius 3 is 1.41 bits per heavy atom. The van der Waals surface area contributed by atoms with Crippen molar-refractivity contribution in [3.63, 3.8) is 0 Å². The number of nitrogens with zero attached hydrogens (tertiary/aromatic N) is 2. The minimum atomic E-state index is -0.603. The van der Waals surface area contributed by atoms with Crippen LogP contribution < -0.4 is 0 Å². The molecule has 0 aromatic heterocycles. The standard InChI is InChI=1S/C30H24N2O2/c31-15-17-13-18(16-32)22(26-20-6-2-4-8-24(20)30(11-12-30)28(26)34)14-21(17)25-19-5-1-3-7-23(19)29(9-10-29)27(25)33/h1-8,13-14,25-28,33-34H,9-12H2/t25-,26+,27-,28+. The second-order valence-corrected chi connectivity index (χ2v) is 10.6. The van der Waals surface area contributed by atoms with Crippen LogP contribution in [0.3, 0.4) is 0 Å². The monoisotopic (exact) mass is 444 g/mol. The van der Waals surface area contributed by atoms with Gasteiger partial charge in [0.2, 0.25) is 0 Å². The largest absolute Gasteiger partial charge is 0.391 e. The van der Waals surface area contributed by atoms with Gasteiger partial charge < -0.3 is 10.2 Å².